The largest absolute Gasteiger partial charge is 0.471 e. The number of aldehydes is 1. The standard InChI is InChI=1S/C20H22N2O4/c1-20(2,3)26-19(24)22-11-16(12-22)25-18-9-5-8-17(21-18)15-7-4-6-14(10-15)13-23/h4-10,13,16H,11-12H2,1-3H3. The quantitative estimate of drug-likeness (QED) is 0.785. The van der Waals surface area contributed by atoms with Gasteiger partial charge in [-0.3, -0.25) is 4.79 Å². The van der Waals surface area contributed by atoms with Crippen LogP contribution in [0.5, 0.6) is 5.88 Å². The molecule has 6 nitrogen and oxygen atoms in total. The summed E-state index contributed by atoms with van der Waals surface area (Å²) < 4.78 is 11.2. The lowest BCUT2D eigenvalue weighted by Crippen LogP contribution is -2.57. The van der Waals surface area contributed by atoms with Gasteiger partial charge in [-0.15, -0.1) is 0 Å². The van der Waals surface area contributed by atoms with Gasteiger partial charge >= 0.3 is 6.09 Å². The van der Waals surface area contributed by atoms with Gasteiger partial charge in [0.1, 0.15) is 18.0 Å². The van der Waals surface area contributed by atoms with E-state index in [1.165, 1.54) is 0 Å². The molecule has 2 aromatic rings. The van der Waals surface area contributed by atoms with Gasteiger partial charge in [0.05, 0.1) is 18.8 Å². The summed E-state index contributed by atoms with van der Waals surface area (Å²) in [4.78, 5) is 29.0. The van der Waals surface area contributed by atoms with E-state index in [0.717, 1.165) is 17.5 Å². The van der Waals surface area contributed by atoms with Gasteiger partial charge in [0, 0.05) is 17.2 Å². The molecule has 3 rings (SSSR count). The molecular formula is C20H22N2O4. The number of carbonyl (C=O) groups excluding carboxylic acids is 2. The Labute approximate surface area is 152 Å². The predicted octanol–water partition coefficient (Wildman–Crippen LogP) is 3.56. The Morgan fingerprint density at radius 3 is 2.62 bits per heavy atom. The fraction of sp³-hybridized carbons (Fsp3) is 0.350. The highest BCUT2D eigenvalue weighted by Gasteiger charge is 2.35. The first-order chi connectivity index (χ1) is 12.3. The Morgan fingerprint density at radius 1 is 1.19 bits per heavy atom. The number of aromatic nitrogens is 1. The van der Waals surface area contributed by atoms with Crippen molar-refractivity contribution >= 4 is 12.4 Å². The number of hydrogen-bond acceptors (Lipinski definition) is 5. The van der Waals surface area contributed by atoms with E-state index in [1.807, 2.05) is 45.0 Å². The van der Waals surface area contributed by atoms with E-state index >= 15 is 0 Å². The first-order valence-corrected chi connectivity index (χ1v) is 8.51. The van der Waals surface area contributed by atoms with Crippen LogP contribution in [-0.4, -0.2) is 47.1 Å². The zero-order valence-corrected chi connectivity index (χ0v) is 15.1. The molecule has 1 aliphatic heterocycles. The fourth-order valence-corrected chi connectivity index (χ4v) is 2.57. The van der Waals surface area contributed by atoms with Crippen molar-refractivity contribution < 1.29 is 19.1 Å². The van der Waals surface area contributed by atoms with Crippen LogP contribution in [0.1, 0.15) is 31.1 Å². The molecule has 26 heavy (non-hydrogen) atoms. The maximum absolute atomic E-state index is 11.9. The van der Waals surface area contributed by atoms with Crippen LogP contribution in [-0.2, 0) is 4.74 Å². The molecule has 1 aromatic heterocycles. The number of benzene rings is 1. The van der Waals surface area contributed by atoms with Crippen molar-refractivity contribution in [3.63, 3.8) is 0 Å². The third kappa shape index (κ3) is 4.39. The van der Waals surface area contributed by atoms with Gasteiger partial charge in [-0.05, 0) is 32.9 Å². The van der Waals surface area contributed by atoms with Crippen molar-refractivity contribution in [2.45, 2.75) is 32.5 Å². The van der Waals surface area contributed by atoms with Crippen LogP contribution in [0.2, 0.25) is 0 Å². The van der Waals surface area contributed by atoms with Gasteiger partial charge in [-0.1, -0.05) is 24.3 Å². The second-order valence-electron chi connectivity index (χ2n) is 7.23. The van der Waals surface area contributed by atoms with Crippen LogP contribution in [0.3, 0.4) is 0 Å². The van der Waals surface area contributed by atoms with Gasteiger partial charge in [-0.2, -0.15) is 0 Å². The minimum absolute atomic E-state index is 0.105. The SMILES string of the molecule is CC(C)(C)OC(=O)N1CC(Oc2cccc(-c3cccc(C=O)c3)n2)C1. The molecule has 2 heterocycles. The molecule has 1 aliphatic rings. The first kappa shape index (κ1) is 17.9. The Kier molecular flexibility index (Phi) is 4.93. The van der Waals surface area contributed by atoms with Gasteiger partial charge in [0.25, 0.3) is 0 Å². The third-order valence-corrected chi connectivity index (χ3v) is 3.83. The third-order valence-electron chi connectivity index (χ3n) is 3.83. The molecule has 1 fully saturated rings. The maximum Gasteiger partial charge on any atom is 0.410 e. The van der Waals surface area contributed by atoms with Crippen LogP contribution in [0.25, 0.3) is 11.3 Å². The average Bonchev–Trinajstić information content (AvgIpc) is 2.56. The van der Waals surface area contributed by atoms with E-state index in [-0.39, 0.29) is 12.2 Å². The van der Waals surface area contributed by atoms with Gasteiger partial charge < -0.3 is 14.4 Å². The van der Waals surface area contributed by atoms with E-state index < -0.39 is 5.60 Å². The number of ether oxygens (including phenoxy) is 2. The van der Waals surface area contributed by atoms with Crippen LogP contribution >= 0.6 is 0 Å². The number of likely N-dealkylation sites (tertiary alicyclic amines) is 1. The smallest absolute Gasteiger partial charge is 0.410 e. The van der Waals surface area contributed by atoms with Crippen molar-refractivity contribution in [1.82, 2.24) is 9.88 Å². The monoisotopic (exact) mass is 354 g/mol. The minimum atomic E-state index is -0.505. The molecule has 0 spiro atoms. The van der Waals surface area contributed by atoms with E-state index in [0.29, 0.717) is 24.5 Å². The Morgan fingerprint density at radius 2 is 1.92 bits per heavy atom. The number of hydrogen-bond donors (Lipinski definition) is 0. The molecule has 1 amide bonds. The average molecular weight is 354 g/mol. The number of pyridine rings is 1. The summed E-state index contributed by atoms with van der Waals surface area (Å²) in [7, 11) is 0. The summed E-state index contributed by atoms with van der Waals surface area (Å²) >= 11 is 0. The lowest BCUT2D eigenvalue weighted by atomic mass is 10.1. The van der Waals surface area contributed by atoms with Gasteiger partial charge in [-0.25, -0.2) is 9.78 Å². The molecule has 0 aliphatic carbocycles. The highest BCUT2D eigenvalue weighted by atomic mass is 16.6. The number of amides is 1. The first-order valence-electron chi connectivity index (χ1n) is 8.51. The molecule has 6 heteroatoms. The highest BCUT2D eigenvalue weighted by molar-refractivity contribution is 5.78. The summed E-state index contributed by atoms with van der Waals surface area (Å²) in [5, 5.41) is 0. The summed E-state index contributed by atoms with van der Waals surface area (Å²) in [6.07, 6.45) is 0.375. The molecule has 1 aromatic carbocycles. The molecule has 0 radical (unpaired) electrons. The number of rotatable bonds is 4. The lowest BCUT2D eigenvalue weighted by molar-refractivity contribution is -0.0232. The fourth-order valence-electron chi connectivity index (χ4n) is 2.57. The minimum Gasteiger partial charge on any atom is -0.471 e. The topological polar surface area (TPSA) is 68.7 Å². The Bertz CT molecular complexity index is 807. The molecule has 0 atom stereocenters. The second-order valence-corrected chi connectivity index (χ2v) is 7.23. The normalized spacial score (nSPS) is 14.5. The Balaban J connectivity index is 1.60. The summed E-state index contributed by atoms with van der Waals surface area (Å²) in [5.41, 5.74) is 1.68. The summed E-state index contributed by atoms with van der Waals surface area (Å²) in [5.74, 6) is 0.493. The van der Waals surface area contributed by atoms with Crippen LogP contribution in [0.4, 0.5) is 4.79 Å². The maximum atomic E-state index is 11.9. The van der Waals surface area contributed by atoms with Crippen LogP contribution in [0.15, 0.2) is 42.5 Å². The number of carbonyl (C=O) groups is 2. The molecule has 0 bridgehead atoms. The van der Waals surface area contributed by atoms with Crippen molar-refractivity contribution in [1.29, 1.82) is 0 Å². The summed E-state index contributed by atoms with van der Waals surface area (Å²) in [6.45, 7) is 6.47. The predicted molar refractivity (Wildman–Crippen MR) is 97.3 cm³/mol. The van der Waals surface area contributed by atoms with E-state index in [4.69, 9.17) is 9.47 Å². The molecular weight excluding hydrogens is 332 g/mol. The van der Waals surface area contributed by atoms with E-state index in [9.17, 15) is 9.59 Å². The molecule has 136 valence electrons. The van der Waals surface area contributed by atoms with E-state index in [1.54, 1.807) is 23.1 Å². The second kappa shape index (κ2) is 7.15. The zero-order valence-electron chi connectivity index (χ0n) is 15.1. The van der Waals surface area contributed by atoms with Crippen molar-refractivity contribution in [2.75, 3.05) is 13.1 Å². The van der Waals surface area contributed by atoms with Crippen LogP contribution < -0.4 is 4.74 Å². The van der Waals surface area contributed by atoms with Gasteiger partial charge in [0.2, 0.25) is 5.88 Å². The van der Waals surface area contributed by atoms with Crippen molar-refractivity contribution in [3.8, 4) is 17.1 Å². The van der Waals surface area contributed by atoms with Crippen LogP contribution in [0, 0.1) is 0 Å². The highest BCUT2D eigenvalue weighted by Crippen LogP contribution is 2.23. The Hall–Kier alpha value is -2.89. The van der Waals surface area contributed by atoms with E-state index in [2.05, 4.69) is 4.98 Å². The van der Waals surface area contributed by atoms with Gasteiger partial charge in [0.15, 0.2) is 0 Å². The number of nitrogens with zero attached hydrogens (tertiary/aromatic N) is 2. The van der Waals surface area contributed by atoms with Crippen molar-refractivity contribution in [3.05, 3.63) is 48.0 Å². The summed E-state index contributed by atoms with van der Waals surface area (Å²) in [6, 6.07) is 12.7. The zero-order chi connectivity index (χ0) is 18.7. The molecule has 0 N–H and O–H groups in total. The molecule has 0 saturated carbocycles. The lowest BCUT2D eigenvalue weighted by Gasteiger charge is -2.39. The molecule has 0 unspecified atom stereocenters. The van der Waals surface area contributed by atoms with Crippen molar-refractivity contribution in [2.24, 2.45) is 0 Å². The molecule has 1 saturated heterocycles.